The molecule has 0 fully saturated rings. The number of hydrogen-bond donors (Lipinski definition) is 2. The van der Waals surface area contributed by atoms with Gasteiger partial charge in [-0.15, -0.1) is 0 Å². The molecule has 1 heterocycles. The predicted octanol–water partition coefficient (Wildman–Crippen LogP) is 2.42. The highest BCUT2D eigenvalue weighted by Gasteiger charge is 2.05. The highest BCUT2D eigenvalue weighted by Crippen LogP contribution is 2.06. The summed E-state index contributed by atoms with van der Waals surface area (Å²) >= 11 is 0. The van der Waals surface area contributed by atoms with Crippen molar-refractivity contribution in [2.24, 2.45) is 0 Å². The van der Waals surface area contributed by atoms with Crippen molar-refractivity contribution in [3.8, 4) is 0 Å². The predicted molar refractivity (Wildman–Crippen MR) is 98.4 cm³/mol. The first-order valence-electron chi connectivity index (χ1n) is 8.32. The summed E-state index contributed by atoms with van der Waals surface area (Å²) in [5.74, 6) is 0.715. The van der Waals surface area contributed by atoms with Crippen LogP contribution in [0.15, 0.2) is 48.7 Å². The van der Waals surface area contributed by atoms with Gasteiger partial charge in [-0.2, -0.15) is 0 Å². The Bertz CT molecular complexity index is 611. The molecule has 0 aliphatic heterocycles. The quantitative estimate of drug-likeness (QED) is 0.695. The van der Waals surface area contributed by atoms with Crippen molar-refractivity contribution in [3.05, 3.63) is 59.8 Å². The first-order valence-corrected chi connectivity index (χ1v) is 8.32. The van der Waals surface area contributed by atoms with E-state index in [9.17, 15) is 4.79 Å². The second-order valence-corrected chi connectivity index (χ2v) is 6.01. The molecule has 0 atom stereocenters. The molecule has 0 aliphatic carbocycles. The first-order chi connectivity index (χ1) is 11.6. The standard InChI is InChI=1S/C19H26N4O/c1-23(2)14-6-12-21-19(24)17-9-10-18(22-15-17)20-13-11-16-7-4-3-5-8-16/h3-5,7-10,15H,6,11-14H2,1-2H3,(H,20,22)(H,21,24). The average Bonchev–Trinajstić information content (AvgIpc) is 2.60. The smallest absolute Gasteiger partial charge is 0.252 e. The van der Waals surface area contributed by atoms with Gasteiger partial charge in [0.05, 0.1) is 5.56 Å². The number of amides is 1. The van der Waals surface area contributed by atoms with Crippen LogP contribution in [0.2, 0.25) is 0 Å². The van der Waals surface area contributed by atoms with Gasteiger partial charge in [0.15, 0.2) is 0 Å². The molecule has 0 unspecified atom stereocenters. The van der Waals surface area contributed by atoms with E-state index in [-0.39, 0.29) is 5.91 Å². The first kappa shape index (κ1) is 17.9. The van der Waals surface area contributed by atoms with Gasteiger partial charge >= 0.3 is 0 Å². The number of carbonyl (C=O) groups is 1. The van der Waals surface area contributed by atoms with Crippen LogP contribution in [0.3, 0.4) is 0 Å². The number of aromatic nitrogens is 1. The number of rotatable bonds is 9. The summed E-state index contributed by atoms with van der Waals surface area (Å²) in [6, 6.07) is 14.0. The molecule has 5 nitrogen and oxygen atoms in total. The molecule has 0 bridgehead atoms. The van der Waals surface area contributed by atoms with Crippen molar-refractivity contribution in [2.75, 3.05) is 39.0 Å². The topological polar surface area (TPSA) is 57.3 Å². The number of nitrogens with one attached hydrogen (secondary N) is 2. The van der Waals surface area contributed by atoms with Crippen molar-refractivity contribution < 1.29 is 4.79 Å². The number of benzene rings is 1. The van der Waals surface area contributed by atoms with Gasteiger partial charge in [-0.3, -0.25) is 4.79 Å². The third-order valence-electron chi connectivity index (χ3n) is 3.66. The van der Waals surface area contributed by atoms with Gasteiger partial charge in [0.1, 0.15) is 5.82 Å². The summed E-state index contributed by atoms with van der Waals surface area (Å²) in [5, 5.41) is 6.19. The number of nitrogens with zero attached hydrogens (tertiary/aromatic N) is 2. The lowest BCUT2D eigenvalue weighted by Crippen LogP contribution is -2.27. The van der Waals surface area contributed by atoms with E-state index in [0.717, 1.165) is 31.7 Å². The maximum Gasteiger partial charge on any atom is 0.252 e. The highest BCUT2D eigenvalue weighted by atomic mass is 16.1. The van der Waals surface area contributed by atoms with Crippen LogP contribution < -0.4 is 10.6 Å². The third-order valence-corrected chi connectivity index (χ3v) is 3.66. The summed E-state index contributed by atoms with van der Waals surface area (Å²) in [5.41, 5.74) is 1.88. The molecule has 0 saturated heterocycles. The molecule has 2 rings (SSSR count). The Balaban J connectivity index is 1.72. The van der Waals surface area contributed by atoms with Gasteiger partial charge in [0, 0.05) is 19.3 Å². The van der Waals surface area contributed by atoms with Gasteiger partial charge in [-0.1, -0.05) is 30.3 Å². The molecule has 1 aromatic heterocycles. The Morgan fingerprint density at radius 2 is 1.88 bits per heavy atom. The maximum absolute atomic E-state index is 12.0. The largest absolute Gasteiger partial charge is 0.370 e. The van der Waals surface area contributed by atoms with Crippen LogP contribution in [0.25, 0.3) is 0 Å². The van der Waals surface area contributed by atoms with E-state index in [4.69, 9.17) is 0 Å². The van der Waals surface area contributed by atoms with Crippen LogP contribution in [-0.4, -0.2) is 49.5 Å². The lowest BCUT2D eigenvalue weighted by Gasteiger charge is -2.10. The van der Waals surface area contributed by atoms with Crippen molar-refractivity contribution in [1.29, 1.82) is 0 Å². The minimum atomic E-state index is -0.0721. The maximum atomic E-state index is 12.0. The van der Waals surface area contributed by atoms with Gasteiger partial charge in [0.25, 0.3) is 5.91 Å². The van der Waals surface area contributed by atoms with Crippen molar-refractivity contribution in [3.63, 3.8) is 0 Å². The number of pyridine rings is 1. The van der Waals surface area contributed by atoms with Crippen LogP contribution in [0, 0.1) is 0 Å². The summed E-state index contributed by atoms with van der Waals surface area (Å²) in [4.78, 5) is 18.4. The molecule has 2 N–H and O–H groups in total. The van der Waals surface area contributed by atoms with Gasteiger partial charge in [-0.05, 0) is 51.2 Å². The molecular formula is C19H26N4O. The Morgan fingerprint density at radius 3 is 2.54 bits per heavy atom. The Morgan fingerprint density at radius 1 is 1.08 bits per heavy atom. The molecular weight excluding hydrogens is 300 g/mol. The molecule has 2 aromatic rings. The van der Waals surface area contributed by atoms with Crippen LogP contribution in [0.1, 0.15) is 22.3 Å². The van der Waals surface area contributed by atoms with Gasteiger partial charge < -0.3 is 15.5 Å². The van der Waals surface area contributed by atoms with Gasteiger partial charge in [-0.25, -0.2) is 4.98 Å². The fourth-order valence-corrected chi connectivity index (χ4v) is 2.31. The SMILES string of the molecule is CN(C)CCCNC(=O)c1ccc(NCCc2ccccc2)nc1. The Hall–Kier alpha value is -2.40. The number of anilines is 1. The Labute approximate surface area is 144 Å². The summed E-state index contributed by atoms with van der Waals surface area (Å²) in [7, 11) is 4.05. The summed E-state index contributed by atoms with van der Waals surface area (Å²) < 4.78 is 0. The molecule has 128 valence electrons. The molecule has 5 heteroatoms. The van der Waals surface area contributed by atoms with E-state index in [1.54, 1.807) is 12.3 Å². The second kappa shape index (κ2) is 9.67. The van der Waals surface area contributed by atoms with Crippen molar-refractivity contribution in [2.45, 2.75) is 12.8 Å². The van der Waals surface area contributed by atoms with Crippen LogP contribution in [0.5, 0.6) is 0 Å². The van der Waals surface area contributed by atoms with E-state index in [0.29, 0.717) is 12.1 Å². The normalized spacial score (nSPS) is 10.6. The minimum Gasteiger partial charge on any atom is -0.370 e. The van der Waals surface area contributed by atoms with E-state index < -0.39 is 0 Å². The molecule has 0 spiro atoms. The zero-order valence-electron chi connectivity index (χ0n) is 14.5. The zero-order chi connectivity index (χ0) is 17.2. The van der Waals surface area contributed by atoms with Crippen molar-refractivity contribution in [1.82, 2.24) is 15.2 Å². The van der Waals surface area contributed by atoms with Crippen LogP contribution in [-0.2, 0) is 6.42 Å². The molecule has 0 aliphatic rings. The van der Waals surface area contributed by atoms with Crippen LogP contribution in [0.4, 0.5) is 5.82 Å². The van der Waals surface area contributed by atoms with Crippen molar-refractivity contribution >= 4 is 11.7 Å². The van der Waals surface area contributed by atoms with E-state index in [1.807, 2.05) is 38.4 Å². The third kappa shape index (κ3) is 6.38. The fraction of sp³-hybridized carbons (Fsp3) is 0.368. The average molecular weight is 326 g/mol. The van der Waals surface area contributed by atoms with E-state index in [2.05, 4.69) is 32.7 Å². The van der Waals surface area contributed by atoms with Gasteiger partial charge in [0.2, 0.25) is 0 Å². The fourth-order valence-electron chi connectivity index (χ4n) is 2.31. The second-order valence-electron chi connectivity index (χ2n) is 6.01. The molecule has 0 radical (unpaired) electrons. The Kier molecular flexibility index (Phi) is 7.23. The lowest BCUT2D eigenvalue weighted by molar-refractivity contribution is 0.0952. The summed E-state index contributed by atoms with van der Waals surface area (Å²) in [6.07, 6.45) is 3.49. The molecule has 24 heavy (non-hydrogen) atoms. The monoisotopic (exact) mass is 326 g/mol. The number of hydrogen-bond acceptors (Lipinski definition) is 4. The number of carbonyl (C=O) groups excluding carboxylic acids is 1. The van der Waals surface area contributed by atoms with E-state index >= 15 is 0 Å². The van der Waals surface area contributed by atoms with E-state index in [1.165, 1.54) is 5.56 Å². The molecule has 1 aromatic carbocycles. The highest BCUT2D eigenvalue weighted by molar-refractivity contribution is 5.94. The lowest BCUT2D eigenvalue weighted by atomic mass is 10.1. The van der Waals surface area contributed by atoms with Crippen LogP contribution >= 0.6 is 0 Å². The zero-order valence-corrected chi connectivity index (χ0v) is 14.5. The molecule has 0 saturated carbocycles. The summed E-state index contributed by atoms with van der Waals surface area (Å²) in [6.45, 7) is 2.45. The molecule has 1 amide bonds. The minimum absolute atomic E-state index is 0.0721.